The van der Waals surface area contributed by atoms with Gasteiger partial charge < -0.3 is 14.0 Å². The minimum absolute atomic E-state index is 0.118. The van der Waals surface area contributed by atoms with E-state index in [1.54, 1.807) is 14.2 Å². The Hall–Kier alpha value is -2.74. The van der Waals surface area contributed by atoms with Crippen molar-refractivity contribution < 1.29 is 14.3 Å². The third kappa shape index (κ3) is 4.67. The Morgan fingerprint density at radius 2 is 1.79 bits per heavy atom. The van der Waals surface area contributed by atoms with E-state index >= 15 is 0 Å². The fraction of sp³-hybridized carbons (Fsp3) is 0.480. The van der Waals surface area contributed by atoms with Gasteiger partial charge in [-0.2, -0.15) is 0 Å². The first-order valence-electron chi connectivity index (χ1n) is 11.4. The van der Waals surface area contributed by atoms with Crippen molar-refractivity contribution in [1.82, 2.24) is 19.3 Å². The molecule has 0 unspecified atom stereocenters. The van der Waals surface area contributed by atoms with Crippen LogP contribution in [0.5, 0.6) is 11.5 Å². The quantitative estimate of drug-likeness (QED) is 0.326. The Labute approximate surface area is 199 Å². The molecule has 1 aliphatic carbocycles. The number of aryl methyl sites for hydroxylation is 1. The van der Waals surface area contributed by atoms with Gasteiger partial charge in [-0.25, -0.2) is 0 Å². The number of nitrogens with zero attached hydrogens (tertiary/aromatic N) is 4. The van der Waals surface area contributed by atoms with E-state index in [-0.39, 0.29) is 5.78 Å². The Morgan fingerprint density at radius 1 is 1.06 bits per heavy atom. The van der Waals surface area contributed by atoms with E-state index < -0.39 is 0 Å². The summed E-state index contributed by atoms with van der Waals surface area (Å²) in [5, 5.41) is 9.88. The van der Waals surface area contributed by atoms with Gasteiger partial charge in [0, 0.05) is 35.6 Å². The maximum Gasteiger partial charge on any atom is 0.192 e. The van der Waals surface area contributed by atoms with E-state index in [2.05, 4.69) is 19.3 Å². The number of carbonyl (C=O) groups is 1. The number of benzene rings is 1. The van der Waals surface area contributed by atoms with Gasteiger partial charge in [-0.15, -0.1) is 10.2 Å². The minimum Gasteiger partial charge on any atom is -0.493 e. The lowest BCUT2D eigenvalue weighted by Crippen LogP contribution is -2.15. The number of methoxy groups -OCH3 is 2. The number of ketones is 1. The molecule has 1 aromatic carbocycles. The Morgan fingerprint density at radius 3 is 2.42 bits per heavy atom. The first-order valence-corrected chi connectivity index (χ1v) is 12.4. The van der Waals surface area contributed by atoms with Crippen molar-refractivity contribution in [3.05, 3.63) is 41.2 Å². The lowest BCUT2D eigenvalue weighted by atomic mass is 9.95. The molecule has 8 heteroatoms. The zero-order valence-electron chi connectivity index (χ0n) is 20.1. The van der Waals surface area contributed by atoms with Crippen LogP contribution in [0.3, 0.4) is 0 Å². The maximum absolute atomic E-state index is 13.0. The normalized spacial score (nSPS) is 14.5. The number of thioether (sulfide) groups is 1. The highest BCUT2D eigenvalue weighted by Gasteiger charge is 2.25. The van der Waals surface area contributed by atoms with E-state index in [9.17, 15) is 4.79 Å². The van der Waals surface area contributed by atoms with Gasteiger partial charge in [0.15, 0.2) is 28.3 Å². The first-order chi connectivity index (χ1) is 15.9. The molecule has 0 N–H and O–H groups in total. The van der Waals surface area contributed by atoms with Crippen molar-refractivity contribution in [2.75, 3.05) is 20.0 Å². The standard InChI is InChI=1S/C25H32N4O3S/c1-16-13-20(17(2)28(16)3)21(30)15-33-25-27-26-24(29(25)19-9-7-6-8-10-19)18-11-12-22(31-4)23(14-18)32-5/h11-14,19H,6-10,15H2,1-5H3. The van der Waals surface area contributed by atoms with E-state index in [1.807, 2.05) is 45.2 Å². The number of hydrogen-bond acceptors (Lipinski definition) is 6. The fourth-order valence-electron chi connectivity index (χ4n) is 4.56. The Kier molecular flexibility index (Phi) is 7.12. The molecule has 4 rings (SSSR count). The summed E-state index contributed by atoms with van der Waals surface area (Å²) in [6.45, 7) is 4.01. The van der Waals surface area contributed by atoms with Crippen molar-refractivity contribution >= 4 is 17.5 Å². The Bertz CT molecular complexity index is 1140. The van der Waals surface area contributed by atoms with Crippen LogP contribution in [0.2, 0.25) is 0 Å². The number of aromatic nitrogens is 4. The molecule has 0 spiro atoms. The average Bonchev–Trinajstić information content (AvgIpc) is 3.39. The summed E-state index contributed by atoms with van der Waals surface area (Å²) in [5.74, 6) is 2.60. The van der Waals surface area contributed by atoms with E-state index in [1.165, 1.54) is 31.0 Å². The molecule has 0 amide bonds. The van der Waals surface area contributed by atoms with E-state index in [0.717, 1.165) is 46.3 Å². The molecule has 2 heterocycles. The minimum atomic E-state index is 0.118. The summed E-state index contributed by atoms with van der Waals surface area (Å²) in [4.78, 5) is 13.0. The summed E-state index contributed by atoms with van der Waals surface area (Å²) < 4.78 is 15.2. The molecule has 0 aliphatic heterocycles. The number of carbonyl (C=O) groups excluding carboxylic acids is 1. The van der Waals surface area contributed by atoms with E-state index in [0.29, 0.717) is 23.3 Å². The van der Waals surface area contributed by atoms with Gasteiger partial charge in [-0.05, 0) is 51.0 Å². The number of ether oxygens (including phenoxy) is 2. The van der Waals surface area contributed by atoms with Crippen LogP contribution < -0.4 is 9.47 Å². The van der Waals surface area contributed by atoms with Crippen LogP contribution in [-0.2, 0) is 7.05 Å². The topological polar surface area (TPSA) is 71.2 Å². The highest BCUT2D eigenvalue weighted by Crippen LogP contribution is 2.38. The number of Topliss-reactive ketones (excluding diaryl/α,β-unsaturated/α-hetero) is 1. The number of hydrogen-bond donors (Lipinski definition) is 0. The lowest BCUT2D eigenvalue weighted by Gasteiger charge is -2.25. The van der Waals surface area contributed by atoms with Gasteiger partial charge in [0.1, 0.15) is 0 Å². The summed E-state index contributed by atoms with van der Waals surface area (Å²) in [5.41, 5.74) is 3.80. The first kappa shape index (κ1) is 23.4. The summed E-state index contributed by atoms with van der Waals surface area (Å²) in [7, 11) is 5.25. The van der Waals surface area contributed by atoms with Crippen LogP contribution in [0, 0.1) is 13.8 Å². The second-order valence-electron chi connectivity index (χ2n) is 8.59. The molecule has 2 aromatic heterocycles. The average molecular weight is 469 g/mol. The van der Waals surface area contributed by atoms with Crippen molar-refractivity contribution in [3.63, 3.8) is 0 Å². The van der Waals surface area contributed by atoms with Gasteiger partial charge in [0.05, 0.1) is 20.0 Å². The largest absolute Gasteiger partial charge is 0.493 e. The molecule has 176 valence electrons. The van der Waals surface area contributed by atoms with Crippen molar-refractivity contribution in [2.45, 2.75) is 57.1 Å². The molecule has 33 heavy (non-hydrogen) atoms. The smallest absolute Gasteiger partial charge is 0.192 e. The van der Waals surface area contributed by atoms with Crippen LogP contribution in [0.4, 0.5) is 0 Å². The predicted octanol–water partition coefficient (Wildman–Crippen LogP) is 5.40. The Balaban J connectivity index is 1.65. The lowest BCUT2D eigenvalue weighted by molar-refractivity contribution is 0.102. The highest BCUT2D eigenvalue weighted by molar-refractivity contribution is 7.99. The summed E-state index contributed by atoms with van der Waals surface area (Å²) in [6, 6.07) is 8.12. The summed E-state index contributed by atoms with van der Waals surface area (Å²) in [6.07, 6.45) is 5.84. The molecule has 1 aliphatic rings. The van der Waals surface area contributed by atoms with Gasteiger partial charge in [0.2, 0.25) is 0 Å². The zero-order chi connectivity index (χ0) is 23.5. The molecule has 0 radical (unpaired) electrons. The third-order valence-corrected chi connectivity index (χ3v) is 7.60. The second kappa shape index (κ2) is 10.0. The number of rotatable bonds is 8. The van der Waals surface area contributed by atoms with Crippen LogP contribution in [0.15, 0.2) is 29.4 Å². The van der Waals surface area contributed by atoms with Crippen molar-refractivity contribution in [2.24, 2.45) is 7.05 Å². The highest BCUT2D eigenvalue weighted by atomic mass is 32.2. The molecule has 3 aromatic rings. The van der Waals surface area contributed by atoms with Gasteiger partial charge in [0.25, 0.3) is 0 Å². The molecular formula is C25H32N4O3S. The van der Waals surface area contributed by atoms with Crippen LogP contribution in [-0.4, -0.2) is 45.1 Å². The van der Waals surface area contributed by atoms with Crippen LogP contribution in [0.25, 0.3) is 11.4 Å². The zero-order valence-corrected chi connectivity index (χ0v) is 20.9. The fourth-order valence-corrected chi connectivity index (χ4v) is 5.45. The van der Waals surface area contributed by atoms with E-state index in [4.69, 9.17) is 9.47 Å². The van der Waals surface area contributed by atoms with Gasteiger partial charge >= 0.3 is 0 Å². The molecule has 0 bridgehead atoms. The molecule has 1 fully saturated rings. The molecule has 0 atom stereocenters. The third-order valence-electron chi connectivity index (χ3n) is 6.65. The molecular weight excluding hydrogens is 436 g/mol. The maximum atomic E-state index is 13.0. The SMILES string of the molecule is COc1ccc(-c2nnc(SCC(=O)c3cc(C)n(C)c3C)n2C2CCCCC2)cc1OC. The predicted molar refractivity (Wildman–Crippen MR) is 131 cm³/mol. The van der Waals surface area contributed by atoms with Crippen LogP contribution in [0.1, 0.15) is 59.9 Å². The van der Waals surface area contributed by atoms with Crippen LogP contribution >= 0.6 is 11.8 Å². The monoisotopic (exact) mass is 468 g/mol. The second-order valence-corrected chi connectivity index (χ2v) is 9.54. The van der Waals surface area contributed by atoms with Gasteiger partial charge in [-0.1, -0.05) is 31.0 Å². The van der Waals surface area contributed by atoms with Crippen molar-refractivity contribution in [1.29, 1.82) is 0 Å². The molecule has 1 saturated carbocycles. The van der Waals surface area contributed by atoms with Crippen molar-refractivity contribution in [3.8, 4) is 22.9 Å². The molecule has 7 nitrogen and oxygen atoms in total. The van der Waals surface area contributed by atoms with Gasteiger partial charge in [-0.3, -0.25) is 9.36 Å². The molecule has 0 saturated heterocycles. The summed E-state index contributed by atoms with van der Waals surface area (Å²) >= 11 is 1.48.